The minimum Gasteiger partial charge on any atom is -0.369 e. The molecule has 1 fully saturated rings. The van der Waals surface area contributed by atoms with Gasteiger partial charge in [-0.05, 0) is 18.2 Å². The lowest BCUT2D eigenvalue weighted by atomic mass is 10.1. The number of fused-ring (bicyclic) bond motifs is 3. The zero-order valence-electron chi connectivity index (χ0n) is 17.1. The molecule has 0 saturated carbocycles. The Morgan fingerprint density at radius 2 is 1.48 bits per heavy atom. The van der Waals surface area contributed by atoms with E-state index >= 15 is 0 Å². The van der Waals surface area contributed by atoms with Crippen molar-refractivity contribution in [2.75, 3.05) is 37.6 Å². The first-order chi connectivity index (χ1) is 14.3. The molecule has 5 rings (SSSR count). The number of hydrogen-bond donors (Lipinski definition) is 0. The number of para-hydroxylation sites is 2. The van der Waals surface area contributed by atoms with Crippen LogP contribution in [0.15, 0.2) is 71.9 Å². The largest absolute Gasteiger partial charge is 0.369 e. The Balaban J connectivity index is 0.00000136. The molecule has 1 saturated heterocycles. The van der Waals surface area contributed by atoms with Crippen LogP contribution in [0.4, 0.5) is 5.69 Å². The van der Waals surface area contributed by atoms with E-state index in [-0.39, 0.29) is 30.4 Å². The van der Waals surface area contributed by atoms with Gasteiger partial charge in [-0.1, -0.05) is 36.4 Å². The molecule has 4 aromatic rings. The molecule has 0 atom stereocenters. The van der Waals surface area contributed by atoms with Crippen molar-refractivity contribution in [2.24, 2.45) is 0 Å². The maximum Gasteiger partial charge on any atom is 0.262 e. The first kappa shape index (κ1) is 23.0. The van der Waals surface area contributed by atoms with Crippen molar-refractivity contribution in [3.8, 4) is 0 Å². The molecule has 0 aliphatic carbocycles. The van der Waals surface area contributed by atoms with Crippen LogP contribution in [-0.4, -0.2) is 52.2 Å². The molecule has 8 heteroatoms. The van der Waals surface area contributed by atoms with Crippen molar-refractivity contribution >= 4 is 52.3 Å². The SMILES string of the molecule is Cl.Cl.O=c1c2cnc3ccccc3c2ncn1CCN1CCN(c2ccccc2)CC1. The zero-order valence-corrected chi connectivity index (χ0v) is 18.7. The van der Waals surface area contributed by atoms with E-state index in [1.165, 1.54) is 5.69 Å². The monoisotopic (exact) mass is 457 g/mol. The smallest absolute Gasteiger partial charge is 0.262 e. The minimum atomic E-state index is -0.0174. The number of piperazine rings is 1. The third-order valence-corrected chi connectivity index (χ3v) is 5.72. The van der Waals surface area contributed by atoms with Crippen molar-refractivity contribution in [3.05, 3.63) is 77.5 Å². The number of nitrogens with zero attached hydrogens (tertiary/aromatic N) is 5. The summed E-state index contributed by atoms with van der Waals surface area (Å²) in [7, 11) is 0. The lowest BCUT2D eigenvalue weighted by Crippen LogP contribution is -2.47. The topological polar surface area (TPSA) is 54.3 Å². The van der Waals surface area contributed by atoms with Crippen molar-refractivity contribution in [1.29, 1.82) is 0 Å². The molecule has 0 amide bonds. The third-order valence-electron chi connectivity index (χ3n) is 5.72. The summed E-state index contributed by atoms with van der Waals surface area (Å²) in [6.45, 7) is 5.49. The van der Waals surface area contributed by atoms with E-state index in [1.807, 2.05) is 30.3 Å². The summed E-state index contributed by atoms with van der Waals surface area (Å²) in [5, 5.41) is 1.51. The lowest BCUT2D eigenvalue weighted by molar-refractivity contribution is 0.247. The van der Waals surface area contributed by atoms with E-state index in [9.17, 15) is 4.79 Å². The average molecular weight is 458 g/mol. The van der Waals surface area contributed by atoms with E-state index in [4.69, 9.17) is 0 Å². The summed E-state index contributed by atoms with van der Waals surface area (Å²) in [6, 6.07) is 18.3. The van der Waals surface area contributed by atoms with Crippen molar-refractivity contribution in [3.63, 3.8) is 0 Å². The van der Waals surface area contributed by atoms with Crippen LogP contribution in [0.5, 0.6) is 0 Å². The second-order valence-electron chi connectivity index (χ2n) is 7.44. The molecule has 1 aliphatic rings. The molecule has 0 unspecified atom stereocenters. The Kier molecular flexibility index (Phi) is 7.49. The average Bonchev–Trinajstić information content (AvgIpc) is 2.79. The Morgan fingerprint density at radius 3 is 2.26 bits per heavy atom. The minimum absolute atomic E-state index is 0. The summed E-state index contributed by atoms with van der Waals surface area (Å²) < 4.78 is 1.71. The second kappa shape index (κ2) is 10.1. The number of hydrogen-bond acceptors (Lipinski definition) is 5. The molecule has 0 spiro atoms. The lowest BCUT2D eigenvalue weighted by Gasteiger charge is -2.36. The fraction of sp³-hybridized carbons (Fsp3) is 0.261. The molecule has 2 aromatic heterocycles. The van der Waals surface area contributed by atoms with Gasteiger partial charge in [-0.15, -0.1) is 24.8 Å². The fourth-order valence-electron chi connectivity index (χ4n) is 4.03. The van der Waals surface area contributed by atoms with E-state index in [0.29, 0.717) is 11.9 Å². The predicted molar refractivity (Wildman–Crippen MR) is 131 cm³/mol. The molecular weight excluding hydrogens is 433 g/mol. The van der Waals surface area contributed by atoms with Crippen molar-refractivity contribution in [2.45, 2.75) is 6.54 Å². The van der Waals surface area contributed by atoms with Gasteiger partial charge < -0.3 is 4.90 Å². The van der Waals surface area contributed by atoms with Crippen molar-refractivity contribution < 1.29 is 0 Å². The third kappa shape index (κ3) is 4.66. The van der Waals surface area contributed by atoms with Gasteiger partial charge in [-0.3, -0.25) is 19.2 Å². The van der Waals surface area contributed by atoms with Gasteiger partial charge in [0.15, 0.2) is 0 Å². The summed E-state index contributed by atoms with van der Waals surface area (Å²) >= 11 is 0. The molecule has 1 aliphatic heterocycles. The summed E-state index contributed by atoms with van der Waals surface area (Å²) in [6.07, 6.45) is 3.33. The Morgan fingerprint density at radius 1 is 0.774 bits per heavy atom. The number of pyridine rings is 1. The maximum absolute atomic E-state index is 12.9. The van der Waals surface area contributed by atoms with Gasteiger partial charge in [0.05, 0.1) is 22.7 Å². The number of benzene rings is 2. The molecule has 2 aromatic carbocycles. The van der Waals surface area contributed by atoms with Crippen LogP contribution in [-0.2, 0) is 6.54 Å². The molecule has 0 radical (unpaired) electrons. The van der Waals surface area contributed by atoms with Gasteiger partial charge in [0.1, 0.15) is 0 Å². The van der Waals surface area contributed by atoms with E-state index in [1.54, 1.807) is 17.1 Å². The standard InChI is InChI=1S/C23H23N5O.2ClH/c29-23-20-16-24-21-9-5-4-8-19(21)22(20)25-17-28(23)15-12-26-10-13-27(14-11-26)18-6-2-1-3-7-18;;/h1-9,16-17H,10-15H2;2*1H. The van der Waals surface area contributed by atoms with Crippen LogP contribution in [0, 0.1) is 0 Å². The van der Waals surface area contributed by atoms with Gasteiger partial charge in [-0.25, -0.2) is 4.98 Å². The van der Waals surface area contributed by atoms with Crippen LogP contribution >= 0.6 is 24.8 Å². The first-order valence-electron chi connectivity index (χ1n) is 10.0. The Hall–Kier alpha value is -2.67. The highest BCUT2D eigenvalue weighted by atomic mass is 35.5. The van der Waals surface area contributed by atoms with Crippen LogP contribution in [0.1, 0.15) is 0 Å². The van der Waals surface area contributed by atoms with Crippen LogP contribution < -0.4 is 10.5 Å². The van der Waals surface area contributed by atoms with Gasteiger partial charge in [0.25, 0.3) is 5.56 Å². The number of aromatic nitrogens is 3. The van der Waals surface area contributed by atoms with Crippen molar-refractivity contribution in [1.82, 2.24) is 19.4 Å². The van der Waals surface area contributed by atoms with E-state index in [0.717, 1.165) is 49.1 Å². The molecule has 0 N–H and O–H groups in total. The Bertz CT molecular complexity index is 1210. The van der Waals surface area contributed by atoms with Gasteiger partial charge in [-0.2, -0.15) is 0 Å². The molecular formula is C23H25Cl2N5O. The number of halogens is 2. The van der Waals surface area contributed by atoms with Crippen LogP contribution in [0.3, 0.4) is 0 Å². The van der Waals surface area contributed by atoms with Crippen LogP contribution in [0.2, 0.25) is 0 Å². The quantitative estimate of drug-likeness (QED) is 0.438. The predicted octanol–water partition coefficient (Wildman–Crippen LogP) is 3.61. The van der Waals surface area contributed by atoms with Gasteiger partial charge >= 0.3 is 0 Å². The van der Waals surface area contributed by atoms with E-state index < -0.39 is 0 Å². The molecule has 6 nitrogen and oxygen atoms in total. The summed E-state index contributed by atoms with van der Waals surface area (Å²) in [5.74, 6) is 0. The summed E-state index contributed by atoms with van der Waals surface area (Å²) in [5.41, 5.74) is 2.85. The highest BCUT2D eigenvalue weighted by Crippen LogP contribution is 2.19. The highest BCUT2D eigenvalue weighted by Gasteiger charge is 2.17. The van der Waals surface area contributed by atoms with Gasteiger partial charge in [0, 0.05) is 56.5 Å². The van der Waals surface area contributed by atoms with E-state index in [2.05, 4.69) is 44.0 Å². The highest BCUT2D eigenvalue weighted by molar-refractivity contribution is 6.02. The Labute approximate surface area is 193 Å². The fourth-order valence-corrected chi connectivity index (χ4v) is 4.03. The second-order valence-corrected chi connectivity index (χ2v) is 7.44. The molecule has 31 heavy (non-hydrogen) atoms. The van der Waals surface area contributed by atoms with Crippen LogP contribution in [0.25, 0.3) is 21.8 Å². The molecule has 3 heterocycles. The molecule has 0 bridgehead atoms. The normalized spacial score (nSPS) is 14.3. The first-order valence-corrected chi connectivity index (χ1v) is 10.0. The zero-order chi connectivity index (χ0) is 19.6. The molecule has 162 valence electrons. The number of rotatable bonds is 4. The number of anilines is 1. The maximum atomic E-state index is 12.9. The summed E-state index contributed by atoms with van der Waals surface area (Å²) in [4.78, 5) is 26.8. The van der Waals surface area contributed by atoms with Gasteiger partial charge in [0.2, 0.25) is 0 Å².